The van der Waals surface area contributed by atoms with Gasteiger partial charge in [0, 0.05) is 24.5 Å². The van der Waals surface area contributed by atoms with Crippen LogP contribution in [0.4, 0.5) is 0 Å². The highest BCUT2D eigenvalue weighted by Crippen LogP contribution is 2.22. The predicted molar refractivity (Wildman–Crippen MR) is 84.0 cm³/mol. The molecular formula is C11H9Cl2N5O2S2. The maximum atomic E-state index is 12.2. The smallest absolute Gasteiger partial charge is 0.242 e. The molecule has 7 nitrogen and oxygen atoms in total. The lowest BCUT2D eigenvalue weighted by Crippen LogP contribution is -2.26. The number of aromatic nitrogens is 4. The first kappa shape index (κ1) is 15.6. The lowest BCUT2D eigenvalue weighted by Gasteiger charge is -2.06. The van der Waals surface area contributed by atoms with Gasteiger partial charge in [0.25, 0.3) is 0 Å². The van der Waals surface area contributed by atoms with E-state index in [-0.39, 0.29) is 21.6 Å². The number of pyridine rings is 1. The van der Waals surface area contributed by atoms with E-state index >= 15 is 0 Å². The molecule has 0 bridgehead atoms. The minimum atomic E-state index is -3.69. The van der Waals surface area contributed by atoms with Crippen molar-refractivity contribution in [3.05, 3.63) is 39.8 Å². The van der Waals surface area contributed by atoms with Crippen molar-refractivity contribution >= 4 is 49.5 Å². The van der Waals surface area contributed by atoms with Gasteiger partial charge in [-0.1, -0.05) is 23.2 Å². The van der Waals surface area contributed by atoms with E-state index in [0.29, 0.717) is 6.42 Å². The van der Waals surface area contributed by atoms with Crippen LogP contribution in [0, 0.1) is 0 Å². The monoisotopic (exact) mass is 377 g/mol. The molecule has 0 aliphatic carbocycles. The van der Waals surface area contributed by atoms with Gasteiger partial charge in [-0.15, -0.1) is 11.3 Å². The van der Waals surface area contributed by atoms with E-state index in [2.05, 4.69) is 19.8 Å². The van der Waals surface area contributed by atoms with Crippen molar-refractivity contribution in [2.75, 3.05) is 6.54 Å². The molecule has 0 amide bonds. The maximum Gasteiger partial charge on any atom is 0.242 e. The van der Waals surface area contributed by atoms with Crippen molar-refractivity contribution in [3.8, 4) is 0 Å². The fourth-order valence-corrected chi connectivity index (χ4v) is 3.96. The van der Waals surface area contributed by atoms with Crippen LogP contribution in [0.3, 0.4) is 0 Å². The summed E-state index contributed by atoms with van der Waals surface area (Å²) in [5, 5.41) is 6.12. The molecule has 0 radical (unpaired) electrons. The molecule has 22 heavy (non-hydrogen) atoms. The number of sulfonamides is 1. The molecule has 3 aromatic heterocycles. The molecule has 0 saturated heterocycles. The molecule has 3 rings (SSSR count). The molecule has 0 spiro atoms. The number of rotatable bonds is 5. The van der Waals surface area contributed by atoms with Crippen LogP contribution in [-0.4, -0.2) is 34.5 Å². The summed E-state index contributed by atoms with van der Waals surface area (Å²) in [7, 11) is -3.69. The standard InChI is InChI=1S/C11H9Cl2N5O2S2/c12-9-3-8(4-14-10(9)13)22(19,20)17-2-1-7-5-21-11-15-6-16-18(7)11/h3-6,17H,1-2H2. The minimum Gasteiger partial charge on any atom is -0.242 e. The fraction of sp³-hybridized carbons (Fsp3) is 0.182. The average Bonchev–Trinajstić information content (AvgIpc) is 3.06. The van der Waals surface area contributed by atoms with Gasteiger partial charge in [-0.25, -0.2) is 27.6 Å². The topological polar surface area (TPSA) is 89.2 Å². The summed E-state index contributed by atoms with van der Waals surface area (Å²) in [5.41, 5.74) is 0.882. The van der Waals surface area contributed by atoms with Crippen molar-refractivity contribution in [1.82, 2.24) is 24.3 Å². The summed E-state index contributed by atoms with van der Waals surface area (Å²) >= 11 is 12.9. The van der Waals surface area contributed by atoms with Gasteiger partial charge in [0.2, 0.25) is 15.0 Å². The highest BCUT2D eigenvalue weighted by atomic mass is 35.5. The SMILES string of the molecule is O=S(=O)(NCCc1csc2ncnn12)c1cnc(Cl)c(Cl)c1. The van der Waals surface area contributed by atoms with Gasteiger partial charge in [0.1, 0.15) is 16.4 Å². The fourth-order valence-electron chi connectivity index (χ4n) is 1.79. The van der Waals surface area contributed by atoms with Crippen molar-refractivity contribution in [2.24, 2.45) is 0 Å². The van der Waals surface area contributed by atoms with E-state index in [0.717, 1.165) is 16.9 Å². The molecule has 0 fully saturated rings. The number of nitrogens with zero attached hydrogens (tertiary/aromatic N) is 4. The van der Waals surface area contributed by atoms with Crippen LogP contribution in [0.15, 0.2) is 28.9 Å². The molecule has 0 aliphatic heterocycles. The molecule has 3 aromatic rings. The third-order valence-corrected chi connectivity index (χ3v) is 5.84. The van der Waals surface area contributed by atoms with Crippen molar-refractivity contribution < 1.29 is 8.42 Å². The van der Waals surface area contributed by atoms with Gasteiger partial charge in [-0.3, -0.25) is 0 Å². The van der Waals surface area contributed by atoms with E-state index in [9.17, 15) is 8.42 Å². The van der Waals surface area contributed by atoms with Gasteiger partial charge >= 0.3 is 0 Å². The summed E-state index contributed by atoms with van der Waals surface area (Å²) in [4.78, 5) is 8.53. The maximum absolute atomic E-state index is 12.2. The molecule has 0 unspecified atom stereocenters. The average molecular weight is 378 g/mol. The van der Waals surface area contributed by atoms with Crippen LogP contribution >= 0.6 is 34.5 Å². The Kier molecular flexibility index (Phi) is 4.33. The Morgan fingerprint density at radius 2 is 2.14 bits per heavy atom. The first-order valence-electron chi connectivity index (χ1n) is 6.04. The van der Waals surface area contributed by atoms with Crippen LogP contribution in [0.5, 0.6) is 0 Å². The summed E-state index contributed by atoms with van der Waals surface area (Å²) in [5.74, 6) is 0. The number of fused-ring (bicyclic) bond motifs is 1. The van der Waals surface area contributed by atoms with Gasteiger partial charge in [0.05, 0.1) is 10.7 Å². The van der Waals surface area contributed by atoms with Gasteiger partial charge < -0.3 is 0 Å². The minimum absolute atomic E-state index is 0.0295. The molecule has 0 saturated carbocycles. The van der Waals surface area contributed by atoms with Crippen molar-refractivity contribution in [1.29, 1.82) is 0 Å². The molecule has 11 heteroatoms. The molecule has 0 aliphatic rings. The Morgan fingerprint density at radius 3 is 2.91 bits per heavy atom. The van der Waals surface area contributed by atoms with Crippen LogP contribution in [0.25, 0.3) is 4.96 Å². The summed E-state index contributed by atoms with van der Waals surface area (Å²) in [6.07, 6.45) is 3.11. The zero-order valence-electron chi connectivity index (χ0n) is 10.9. The van der Waals surface area contributed by atoms with Gasteiger partial charge in [-0.2, -0.15) is 5.10 Å². The molecule has 1 N–H and O–H groups in total. The predicted octanol–water partition coefficient (Wildman–Crippen LogP) is 2.01. The van der Waals surface area contributed by atoms with Crippen LogP contribution in [-0.2, 0) is 16.4 Å². The Morgan fingerprint density at radius 1 is 1.32 bits per heavy atom. The third-order valence-electron chi connectivity index (χ3n) is 2.84. The number of thiazole rings is 1. The second-order valence-corrected chi connectivity index (χ2v) is 7.64. The number of hydrogen-bond acceptors (Lipinski definition) is 6. The van der Waals surface area contributed by atoms with Gasteiger partial charge in [0.15, 0.2) is 0 Å². The first-order chi connectivity index (χ1) is 10.5. The number of nitrogens with one attached hydrogen (secondary N) is 1. The zero-order valence-corrected chi connectivity index (χ0v) is 14.0. The third kappa shape index (κ3) is 3.08. The van der Waals surface area contributed by atoms with Crippen LogP contribution < -0.4 is 4.72 Å². The summed E-state index contributed by atoms with van der Waals surface area (Å²) < 4.78 is 28.5. The zero-order chi connectivity index (χ0) is 15.7. The summed E-state index contributed by atoms with van der Waals surface area (Å²) in [6.45, 7) is 0.217. The Hall–Kier alpha value is -1.26. The van der Waals surface area contributed by atoms with Crippen molar-refractivity contribution in [2.45, 2.75) is 11.3 Å². The van der Waals surface area contributed by atoms with E-state index < -0.39 is 10.0 Å². The Labute approximate surface area is 140 Å². The summed E-state index contributed by atoms with van der Waals surface area (Å²) in [6, 6.07) is 1.26. The van der Waals surface area contributed by atoms with Crippen molar-refractivity contribution in [3.63, 3.8) is 0 Å². The molecule has 3 heterocycles. The van der Waals surface area contributed by atoms with E-state index in [1.807, 2.05) is 5.38 Å². The van der Waals surface area contributed by atoms with Crippen LogP contribution in [0.1, 0.15) is 5.69 Å². The van der Waals surface area contributed by atoms with E-state index in [4.69, 9.17) is 23.2 Å². The van der Waals surface area contributed by atoms with Crippen LogP contribution in [0.2, 0.25) is 10.2 Å². The highest BCUT2D eigenvalue weighted by molar-refractivity contribution is 7.89. The second kappa shape index (κ2) is 6.09. The molecule has 116 valence electrons. The molecule has 0 aromatic carbocycles. The number of halogens is 2. The Balaban J connectivity index is 1.70. The van der Waals surface area contributed by atoms with Gasteiger partial charge in [-0.05, 0) is 6.07 Å². The quantitative estimate of drug-likeness (QED) is 0.686. The van der Waals surface area contributed by atoms with E-state index in [1.54, 1.807) is 4.52 Å². The second-order valence-electron chi connectivity index (χ2n) is 4.27. The number of hydrogen-bond donors (Lipinski definition) is 1. The molecular weight excluding hydrogens is 369 g/mol. The highest BCUT2D eigenvalue weighted by Gasteiger charge is 2.16. The van der Waals surface area contributed by atoms with E-state index in [1.165, 1.54) is 23.7 Å². The largest absolute Gasteiger partial charge is 0.242 e. The lowest BCUT2D eigenvalue weighted by atomic mass is 10.3. The lowest BCUT2D eigenvalue weighted by molar-refractivity contribution is 0.580. The molecule has 0 atom stereocenters. The normalized spacial score (nSPS) is 12.1. The Bertz CT molecular complexity index is 922. The first-order valence-corrected chi connectivity index (χ1v) is 9.16.